The van der Waals surface area contributed by atoms with E-state index in [1.807, 2.05) is 45.0 Å². The van der Waals surface area contributed by atoms with Gasteiger partial charge in [0.2, 0.25) is 5.91 Å². The van der Waals surface area contributed by atoms with Crippen molar-refractivity contribution in [1.82, 2.24) is 10.2 Å². The topological polar surface area (TPSA) is 97.0 Å². The van der Waals surface area contributed by atoms with Crippen LogP contribution >= 0.6 is 0 Å². The van der Waals surface area contributed by atoms with Crippen LogP contribution in [-0.2, 0) is 14.3 Å². The van der Waals surface area contributed by atoms with Crippen LogP contribution in [0.2, 0.25) is 0 Å². The molecule has 0 fully saturated rings. The van der Waals surface area contributed by atoms with Crippen LogP contribution in [0.25, 0.3) is 0 Å². The van der Waals surface area contributed by atoms with Crippen molar-refractivity contribution in [2.24, 2.45) is 0 Å². The van der Waals surface area contributed by atoms with Gasteiger partial charge in [-0.15, -0.1) is 0 Å². The van der Waals surface area contributed by atoms with Crippen molar-refractivity contribution in [2.45, 2.75) is 65.6 Å². The van der Waals surface area contributed by atoms with E-state index in [9.17, 15) is 14.4 Å². The van der Waals surface area contributed by atoms with Gasteiger partial charge < -0.3 is 25.0 Å². The molecule has 8 heteroatoms. The van der Waals surface area contributed by atoms with Gasteiger partial charge in [0, 0.05) is 11.7 Å². The Balaban J connectivity index is 2.36. The SMILES string of the molecule is CCC(C)N(C(=O)CNC(=O)OC(C)(C)C)C(C(=O)Nc1ccc(OC)cc1)c1ccc(C)cc1. The molecule has 3 amide bonds. The molecular weight excluding hydrogens is 446 g/mol. The Bertz CT molecular complexity index is 997. The number of nitrogens with one attached hydrogen (secondary N) is 2. The highest BCUT2D eigenvalue weighted by molar-refractivity contribution is 5.98. The van der Waals surface area contributed by atoms with E-state index in [1.165, 1.54) is 4.90 Å². The van der Waals surface area contributed by atoms with Gasteiger partial charge in [0.1, 0.15) is 23.9 Å². The van der Waals surface area contributed by atoms with Gasteiger partial charge in [0.25, 0.3) is 5.91 Å². The Kier molecular flexibility index (Phi) is 9.68. The molecule has 0 radical (unpaired) electrons. The van der Waals surface area contributed by atoms with Crippen molar-refractivity contribution in [3.05, 3.63) is 59.7 Å². The lowest BCUT2D eigenvalue weighted by Gasteiger charge is -2.36. The van der Waals surface area contributed by atoms with Crippen LogP contribution < -0.4 is 15.4 Å². The largest absolute Gasteiger partial charge is 0.497 e. The molecule has 35 heavy (non-hydrogen) atoms. The monoisotopic (exact) mass is 483 g/mol. The smallest absolute Gasteiger partial charge is 0.408 e. The molecule has 190 valence electrons. The summed E-state index contributed by atoms with van der Waals surface area (Å²) in [5.41, 5.74) is 1.60. The number of anilines is 1. The van der Waals surface area contributed by atoms with Gasteiger partial charge in [-0.2, -0.15) is 0 Å². The predicted molar refractivity (Wildman–Crippen MR) is 136 cm³/mol. The molecule has 2 aromatic carbocycles. The van der Waals surface area contributed by atoms with Crippen molar-refractivity contribution in [2.75, 3.05) is 19.0 Å². The number of hydrogen-bond acceptors (Lipinski definition) is 5. The van der Waals surface area contributed by atoms with E-state index in [0.29, 0.717) is 23.4 Å². The lowest BCUT2D eigenvalue weighted by molar-refractivity contribution is -0.140. The average molecular weight is 484 g/mol. The zero-order chi connectivity index (χ0) is 26.2. The average Bonchev–Trinajstić information content (AvgIpc) is 2.80. The first-order valence-electron chi connectivity index (χ1n) is 11.7. The summed E-state index contributed by atoms with van der Waals surface area (Å²) in [6.45, 7) is 10.7. The number of methoxy groups -OCH3 is 1. The van der Waals surface area contributed by atoms with Crippen molar-refractivity contribution >= 4 is 23.6 Å². The Morgan fingerprint density at radius 2 is 1.60 bits per heavy atom. The molecule has 0 saturated carbocycles. The molecule has 2 unspecified atom stereocenters. The summed E-state index contributed by atoms with van der Waals surface area (Å²) in [6.07, 6.45) is -0.0689. The molecule has 2 rings (SSSR count). The normalized spacial score (nSPS) is 12.8. The number of benzene rings is 2. The number of nitrogens with zero attached hydrogens (tertiary/aromatic N) is 1. The van der Waals surface area contributed by atoms with Gasteiger partial charge in [-0.25, -0.2) is 4.79 Å². The molecule has 0 saturated heterocycles. The van der Waals surface area contributed by atoms with Gasteiger partial charge >= 0.3 is 6.09 Å². The second-order valence-corrected chi connectivity index (χ2v) is 9.44. The van der Waals surface area contributed by atoms with Crippen molar-refractivity contribution in [3.8, 4) is 5.75 Å². The van der Waals surface area contributed by atoms with Crippen molar-refractivity contribution in [1.29, 1.82) is 0 Å². The fraction of sp³-hybridized carbons (Fsp3) is 0.444. The number of alkyl carbamates (subject to hydrolysis) is 1. The van der Waals surface area contributed by atoms with Crippen LogP contribution in [0.15, 0.2) is 48.5 Å². The maximum atomic E-state index is 13.6. The van der Waals surface area contributed by atoms with Crippen molar-refractivity contribution < 1.29 is 23.9 Å². The van der Waals surface area contributed by atoms with Crippen LogP contribution in [0.4, 0.5) is 10.5 Å². The van der Waals surface area contributed by atoms with E-state index < -0.39 is 17.7 Å². The standard InChI is InChI=1S/C27H37N3O5/c1-8-19(3)30(23(31)17-28-26(33)35-27(4,5)6)24(20-11-9-18(2)10-12-20)25(32)29-21-13-15-22(34-7)16-14-21/h9-16,19,24H,8,17H2,1-7H3,(H,28,33)(H,29,32). The van der Waals surface area contributed by atoms with Gasteiger partial charge in [0.05, 0.1) is 7.11 Å². The van der Waals surface area contributed by atoms with Crippen molar-refractivity contribution in [3.63, 3.8) is 0 Å². The summed E-state index contributed by atoms with van der Waals surface area (Å²) in [6, 6.07) is 13.3. The molecule has 8 nitrogen and oxygen atoms in total. The number of rotatable bonds is 9. The zero-order valence-corrected chi connectivity index (χ0v) is 21.7. The molecule has 0 aromatic heterocycles. The van der Waals surface area contributed by atoms with E-state index in [1.54, 1.807) is 52.1 Å². The Morgan fingerprint density at radius 1 is 1.00 bits per heavy atom. The molecule has 0 aliphatic carbocycles. The zero-order valence-electron chi connectivity index (χ0n) is 21.7. The van der Waals surface area contributed by atoms with E-state index in [-0.39, 0.29) is 24.4 Å². The molecular formula is C27H37N3O5. The summed E-state index contributed by atoms with van der Waals surface area (Å²) in [5, 5.41) is 5.43. The first-order valence-corrected chi connectivity index (χ1v) is 11.7. The van der Waals surface area contributed by atoms with E-state index in [4.69, 9.17) is 9.47 Å². The molecule has 0 bridgehead atoms. The number of carbonyl (C=O) groups excluding carboxylic acids is 3. The summed E-state index contributed by atoms with van der Waals surface area (Å²) < 4.78 is 10.4. The summed E-state index contributed by atoms with van der Waals surface area (Å²) >= 11 is 0. The first kappa shape index (κ1) is 27.7. The Labute approximate surface area is 208 Å². The third-order valence-electron chi connectivity index (χ3n) is 5.41. The molecule has 0 spiro atoms. The van der Waals surface area contributed by atoms with Crippen LogP contribution in [0.5, 0.6) is 5.75 Å². The highest BCUT2D eigenvalue weighted by Crippen LogP contribution is 2.27. The molecule has 0 aliphatic heterocycles. The fourth-order valence-electron chi connectivity index (χ4n) is 3.47. The fourth-order valence-corrected chi connectivity index (χ4v) is 3.47. The number of aryl methyl sites for hydroxylation is 1. The van der Waals surface area contributed by atoms with Crippen LogP contribution in [-0.4, -0.2) is 48.1 Å². The summed E-state index contributed by atoms with van der Waals surface area (Å²) in [7, 11) is 1.57. The summed E-state index contributed by atoms with van der Waals surface area (Å²) in [4.78, 5) is 40.7. The predicted octanol–water partition coefficient (Wildman–Crippen LogP) is 4.84. The summed E-state index contributed by atoms with van der Waals surface area (Å²) in [5.74, 6) is -0.0756. The maximum absolute atomic E-state index is 13.6. The minimum absolute atomic E-state index is 0.268. The second-order valence-electron chi connectivity index (χ2n) is 9.44. The molecule has 0 aliphatic rings. The Hall–Kier alpha value is -3.55. The van der Waals surface area contributed by atoms with Crippen LogP contribution in [0.1, 0.15) is 58.2 Å². The lowest BCUT2D eigenvalue weighted by Crippen LogP contribution is -2.50. The third kappa shape index (κ3) is 8.31. The number of carbonyl (C=O) groups is 3. The number of amides is 3. The van der Waals surface area contributed by atoms with Gasteiger partial charge in [-0.3, -0.25) is 9.59 Å². The van der Waals surface area contributed by atoms with E-state index in [0.717, 1.165) is 5.56 Å². The van der Waals surface area contributed by atoms with E-state index >= 15 is 0 Å². The molecule has 2 aromatic rings. The molecule has 2 N–H and O–H groups in total. The van der Waals surface area contributed by atoms with E-state index in [2.05, 4.69) is 10.6 Å². The second kappa shape index (κ2) is 12.2. The first-order chi connectivity index (χ1) is 16.4. The van der Waals surface area contributed by atoms with Gasteiger partial charge in [-0.1, -0.05) is 36.8 Å². The Morgan fingerprint density at radius 3 is 2.11 bits per heavy atom. The third-order valence-corrected chi connectivity index (χ3v) is 5.41. The van der Waals surface area contributed by atoms with Gasteiger partial charge in [-0.05, 0) is 70.9 Å². The lowest BCUT2D eigenvalue weighted by atomic mass is 10.00. The van der Waals surface area contributed by atoms with Crippen LogP contribution in [0, 0.1) is 6.92 Å². The minimum atomic E-state index is -0.902. The van der Waals surface area contributed by atoms with Gasteiger partial charge in [0.15, 0.2) is 0 Å². The quantitative estimate of drug-likeness (QED) is 0.532. The van der Waals surface area contributed by atoms with Crippen LogP contribution in [0.3, 0.4) is 0 Å². The highest BCUT2D eigenvalue weighted by atomic mass is 16.6. The number of ether oxygens (including phenoxy) is 2. The minimum Gasteiger partial charge on any atom is -0.497 e. The molecule has 0 heterocycles. The number of hydrogen-bond donors (Lipinski definition) is 2. The molecule has 2 atom stereocenters. The highest BCUT2D eigenvalue weighted by Gasteiger charge is 2.34. The maximum Gasteiger partial charge on any atom is 0.408 e.